The summed E-state index contributed by atoms with van der Waals surface area (Å²) in [5.41, 5.74) is 1.07. The molecule has 0 aliphatic heterocycles. The number of nitrogens with one attached hydrogen (secondary N) is 1. The molecule has 0 unspecified atom stereocenters. The molecule has 0 saturated heterocycles. The lowest BCUT2D eigenvalue weighted by Crippen LogP contribution is -2.21. The van der Waals surface area contributed by atoms with E-state index in [1.165, 1.54) is 0 Å². The number of rotatable bonds is 6. The highest BCUT2D eigenvalue weighted by atomic mass is 35.5. The molecule has 4 nitrogen and oxygen atoms in total. The van der Waals surface area contributed by atoms with Gasteiger partial charge >= 0.3 is 0 Å². The molecule has 0 aliphatic carbocycles. The maximum atomic E-state index is 6.29. The monoisotopic (exact) mass is 307 g/mol. The van der Waals surface area contributed by atoms with Gasteiger partial charge in [0.15, 0.2) is 5.75 Å². The second-order valence-corrected chi connectivity index (χ2v) is 6.05. The van der Waals surface area contributed by atoms with Gasteiger partial charge in [-0.1, -0.05) is 31.5 Å². The van der Waals surface area contributed by atoms with Crippen molar-refractivity contribution in [1.82, 2.24) is 15.1 Å². The molecule has 1 aromatic heterocycles. The topological polar surface area (TPSA) is 39.1 Å². The fourth-order valence-corrected chi connectivity index (χ4v) is 2.08. The van der Waals surface area contributed by atoms with Gasteiger partial charge in [-0.3, -0.25) is 4.68 Å². The first-order valence-corrected chi connectivity index (χ1v) is 7.57. The third-order valence-electron chi connectivity index (χ3n) is 3.07. The zero-order valence-corrected chi connectivity index (χ0v) is 13.7. The molecule has 21 heavy (non-hydrogen) atoms. The lowest BCUT2D eigenvalue weighted by molar-refractivity contribution is 0.476. The smallest absolute Gasteiger partial charge is 0.165 e. The number of hydrogen-bond acceptors (Lipinski definition) is 3. The van der Waals surface area contributed by atoms with E-state index < -0.39 is 0 Å². The third kappa shape index (κ3) is 4.48. The summed E-state index contributed by atoms with van der Waals surface area (Å²) in [5, 5.41) is 8.30. The Morgan fingerprint density at radius 3 is 2.57 bits per heavy atom. The summed E-state index contributed by atoms with van der Waals surface area (Å²) in [6, 6.07) is 6.50. The highest BCUT2D eigenvalue weighted by Gasteiger charge is 2.07. The number of ether oxygens (including phenoxy) is 1. The molecule has 0 saturated carbocycles. The van der Waals surface area contributed by atoms with Gasteiger partial charge in [-0.25, -0.2) is 0 Å². The Balaban J connectivity index is 2.05. The zero-order chi connectivity index (χ0) is 15.4. The van der Waals surface area contributed by atoms with Crippen LogP contribution in [0.2, 0.25) is 5.02 Å². The highest BCUT2D eigenvalue weighted by molar-refractivity contribution is 6.31. The van der Waals surface area contributed by atoms with E-state index >= 15 is 0 Å². The molecule has 0 fully saturated rings. The zero-order valence-electron chi connectivity index (χ0n) is 12.9. The lowest BCUT2D eigenvalue weighted by atomic mass is 10.2. The Labute approximate surface area is 131 Å². The van der Waals surface area contributed by atoms with Crippen LogP contribution in [0.3, 0.4) is 0 Å². The molecule has 0 spiro atoms. The van der Waals surface area contributed by atoms with E-state index in [9.17, 15) is 0 Å². The Morgan fingerprint density at radius 2 is 2.00 bits per heavy atom. The van der Waals surface area contributed by atoms with Crippen LogP contribution < -0.4 is 10.1 Å². The maximum Gasteiger partial charge on any atom is 0.165 e. The molecule has 1 aromatic carbocycles. The molecule has 0 amide bonds. The van der Waals surface area contributed by atoms with E-state index in [4.69, 9.17) is 16.3 Å². The molecule has 0 aliphatic rings. The average Bonchev–Trinajstić information content (AvgIpc) is 2.86. The summed E-state index contributed by atoms with van der Waals surface area (Å²) < 4.78 is 7.64. The molecule has 1 N–H and O–H groups in total. The summed E-state index contributed by atoms with van der Waals surface area (Å²) in [6.07, 6.45) is 3.59. The largest absolute Gasteiger partial charge is 0.454 e. The van der Waals surface area contributed by atoms with Crippen LogP contribution in [-0.4, -0.2) is 15.8 Å². The SMILES string of the molecule is CC(C)NCc1ccc(Oc2cnn(C(C)C)c2)cc1Cl. The highest BCUT2D eigenvalue weighted by Crippen LogP contribution is 2.27. The van der Waals surface area contributed by atoms with Crippen LogP contribution in [0.1, 0.15) is 39.3 Å². The fraction of sp³-hybridized carbons (Fsp3) is 0.438. The predicted molar refractivity (Wildman–Crippen MR) is 86.1 cm³/mol. The van der Waals surface area contributed by atoms with Crippen LogP contribution in [0.25, 0.3) is 0 Å². The Kier molecular flexibility index (Phi) is 5.26. The van der Waals surface area contributed by atoms with E-state index in [1.807, 2.05) is 29.1 Å². The van der Waals surface area contributed by atoms with Crippen molar-refractivity contribution in [1.29, 1.82) is 0 Å². The molecular weight excluding hydrogens is 286 g/mol. The van der Waals surface area contributed by atoms with Crippen molar-refractivity contribution in [3.63, 3.8) is 0 Å². The Hall–Kier alpha value is -1.52. The number of halogens is 1. The van der Waals surface area contributed by atoms with Crippen LogP contribution in [-0.2, 0) is 6.54 Å². The van der Waals surface area contributed by atoms with Crippen LogP contribution in [0.5, 0.6) is 11.5 Å². The molecule has 2 aromatic rings. The van der Waals surface area contributed by atoms with Gasteiger partial charge in [0.2, 0.25) is 0 Å². The molecule has 5 heteroatoms. The minimum absolute atomic E-state index is 0.315. The van der Waals surface area contributed by atoms with Gasteiger partial charge < -0.3 is 10.1 Å². The minimum atomic E-state index is 0.315. The van der Waals surface area contributed by atoms with Crippen molar-refractivity contribution in [3.8, 4) is 11.5 Å². The van der Waals surface area contributed by atoms with E-state index in [1.54, 1.807) is 6.20 Å². The van der Waals surface area contributed by atoms with Gasteiger partial charge in [-0.2, -0.15) is 5.10 Å². The van der Waals surface area contributed by atoms with E-state index in [-0.39, 0.29) is 0 Å². The van der Waals surface area contributed by atoms with Gasteiger partial charge in [0, 0.05) is 23.7 Å². The molecule has 114 valence electrons. The molecular formula is C16H22ClN3O. The molecule has 0 radical (unpaired) electrons. The minimum Gasteiger partial charge on any atom is -0.454 e. The van der Waals surface area contributed by atoms with Crippen LogP contribution in [0.15, 0.2) is 30.6 Å². The van der Waals surface area contributed by atoms with E-state index in [2.05, 4.69) is 38.1 Å². The molecule has 0 atom stereocenters. The molecule has 0 bridgehead atoms. The van der Waals surface area contributed by atoms with Gasteiger partial charge in [-0.15, -0.1) is 0 Å². The standard InChI is InChI=1S/C16H22ClN3O/c1-11(2)18-8-13-5-6-14(7-16(13)17)21-15-9-19-20(10-15)12(3)4/h5-7,9-12,18H,8H2,1-4H3. The number of hydrogen-bond donors (Lipinski definition) is 1. The van der Waals surface area contributed by atoms with E-state index in [0.29, 0.717) is 22.9 Å². The second kappa shape index (κ2) is 6.96. The summed E-state index contributed by atoms with van der Waals surface area (Å²) in [5.74, 6) is 1.43. The summed E-state index contributed by atoms with van der Waals surface area (Å²) >= 11 is 6.29. The van der Waals surface area contributed by atoms with Crippen LogP contribution in [0.4, 0.5) is 0 Å². The Bertz CT molecular complexity index is 593. The van der Waals surface area contributed by atoms with E-state index in [0.717, 1.165) is 17.9 Å². The second-order valence-electron chi connectivity index (χ2n) is 5.64. The Morgan fingerprint density at radius 1 is 1.24 bits per heavy atom. The lowest BCUT2D eigenvalue weighted by Gasteiger charge is -2.11. The van der Waals surface area contributed by atoms with Gasteiger partial charge in [0.1, 0.15) is 5.75 Å². The summed E-state index contributed by atoms with van der Waals surface area (Å²) in [4.78, 5) is 0. The number of benzene rings is 1. The fourth-order valence-electron chi connectivity index (χ4n) is 1.84. The number of aromatic nitrogens is 2. The quantitative estimate of drug-likeness (QED) is 0.859. The molecule has 1 heterocycles. The first-order valence-electron chi connectivity index (χ1n) is 7.19. The van der Waals surface area contributed by atoms with Crippen molar-refractivity contribution >= 4 is 11.6 Å². The van der Waals surface area contributed by atoms with Crippen molar-refractivity contribution in [2.45, 2.75) is 46.3 Å². The van der Waals surface area contributed by atoms with Gasteiger partial charge in [0.25, 0.3) is 0 Å². The average molecular weight is 308 g/mol. The predicted octanol–water partition coefficient (Wildman–Crippen LogP) is 4.41. The van der Waals surface area contributed by atoms with Crippen molar-refractivity contribution in [2.24, 2.45) is 0 Å². The first kappa shape index (κ1) is 15.9. The summed E-state index contributed by atoms with van der Waals surface area (Å²) in [7, 11) is 0. The number of nitrogens with zero attached hydrogens (tertiary/aromatic N) is 2. The normalized spacial score (nSPS) is 11.4. The van der Waals surface area contributed by atoms with Gasteiger partial charge in [-0.05, 0) is 31.5 Å². The maximum absolute atomic E-state index is 6.29. The van der Waals surface area contributed by atoms with Crippen molar-refractivity contribution < 1.29 is 4.74 Å². The first-order chi connectivity index (χ1) is 9.95. The van der Waals surface area contributed by atoms with Crippen LogP contribution in [0, 0.1) is 0 Å². The van der Waals surface area contributed by atoms with Crippen LogP contribution >= 0.6 is 11.6 Å². The van der Waals surface area contributed by atoms with Crippen molar-refractivity contribution in [3.05, 3.63) is 41.2 Å². The third-order valence-corrected chi connectivity index (χ3v) is 3.42. The molecule has 2 rings (SSSR count). The summed E-state index contributed by atoms with van der Waals surface area (Å²) in [6.45, 7) is 9.12. The van der Waals surface area contributed by atoms with Gasteiger partial charge in [0.05, 0.1) is 12.4 Å². The van der Waals surface area contributed by atoms with Crippen molar-refractivity contribution in [2.75, 3.05) is 0 Å².